The van der Waals surface area contributed by atoms with Gasteiger partial charge in [0, 0.05) is 42.4 Å². The summed E-state index contributed by atoms with van der Waals surface area (Å²) in [6, 6.07) is 13.0. The molecule has 2 aromatic carbocycles. The summed E-state index contributed by atoms with van der Waals surface area (Å²) in [5, 5.41) is 3.48. The van der Waals surface area contributed by atoms with E-state index in [0.29, 0.717) is 29.4 Å². The van der Waals surface area contributed by atoms with E-state index in [1.54, 1.807) is 19.1 Å². The van der Waals surface area contributed by atoms with Gasteiger partial charge in [0.25, 0.3) is 5.91 Å². The molecule has 1 heterocycles. The van der Waals surface area contributed by atoms with Gasteiger partial charge >= 0.3 is 0 Å². The summed E-state index contributed by atoms with van der Waals surface area (Å²) in [7, 11) is 0. The molecule has 0 bridgehead atoms. The Balaban J connectivity index is 1.69. The number of amides is 2. The monoisotopic (exact) mass is 483 g/mol. The van der Waals surface area contributed by atoms with Gasteiger partial charge in [-0.3, -0.25) is 9.59 Å². The number of carbonyl (C=O) groups is 2. The van der Waals surface area contributed by atoms with Crippen LogP contribution in [0.3, 0.4) is 0 Å². The SMILES string of the molecule is CC(=O)N1CCN(c2ccc(NC(=O)c3ccccc3I)cc2Cl)CC1. The molecular formula is C19H19ClIN3O2. The predicted molar refractivity (Wildman–Crippen MR) is 113 cm³/mol. The Morgan fingerprint density at radius 1 is 1.08 bits per heavy atom. The van der Waals surface area contributed by atoms with Crippen LogP contribution in [0.25, 0.3) is 0 Å². The third kappa shape index (κ3) is 4.29. The number of hydrogen-bond acceptors (Lipinski definition) is 3. The van der Waals surface area contributed by atoms with Crippen LogP contribution in [0.5, 0.6) is 0 Å². The molecule has 1 fully saturated rings. The zero-order valence-corrected chi connectivity index (χ0v) is 17.3. The second-order valence-electron chi connectivity index (χ2n) is 6.09. The molecule has 0 atom stereocenters. The fourth-order valence-corrected chi connectivity index (χ4v) is 3.88. The molecule has 2 aromatic rings. The Bertz CT molecular complexity index is 835. The van der Waals surface area contributed by atoms with Crippen LogP contribution in [0.2, 0.25) is 5.02 Å². The lowest BCUT2D eigenvalue weighted by molar-refractivity contribution is -0.129. The average Bonchev–Trinajstić information content (AvgIpc) is 2.62. The van der Waals surface area contributed by atoms with Crippen LogP contribution in [-0.2, 0) is 4.79 Å². The molecule has 0 aromatic heterocycles. The third-order valence-electron chi connectivity index (χ3n) is 4.39. The van der Waals surface area contributed by atoms with Gasteiger partial charge in [-0.1, -0.05) is 23.7 Å². The van der Waals surface area contributed by atoms with E-state index in [9.17, 15) is 9.59 Å². The van der Waals surface area contributed by atoms with Crippen LogP contribution in [-0.4, -0.2) is 42.9 Å². The minimum Gasteiger partial charge on any atom is -0.367 e. The van der Waals surface area contributed by atoms with E-state index in [1.165, 1.54) is 0 Å². The smallest absolute Gasteiger partial charge is 0.256 e. The van der Waals surface area contributed by atoms with Gasteiger partial charge in [0.2, 0.25) is 5.91 Å². The molecule has 0 spiro atoms. The Hall–Kier alpha value is -1.80. The molecule has 2 amide bonds. The number of nitrogens with one attached hydrogen (secondary N) is 1. The lowest BCUT2D eigenvalue weighted by Gasteiger charge is -2.36. The van der Waals surface area contributed by atoms with E-state index in [2.05, 4.69) is 32.8 Å². The first-order valence-electron chi connectivity index (χ1n) is 8.31. The van der Waals surface area contributed by atoms with Crippen LogP contribution in [0.15, 0.2) is 42.5 Å². The molecule has 136 valence electrons. The number of rotatable bonds is 3. The molecule has 5 nitrogen and oxygen atoms in total. The number of piperazine rings is 1. The first-order chi connectivity index (χ1) is 12.5. The fourth-order valence-electron chi connectivity index (χ4n) is 2.95. The van der Waals surface area contributed by atoms with E-state index in [0.717, 1.165) is 22.3 Å². The van der Waals surface area contributed by atoms with Gasteiger partial charge in [0.05, 0.1) is 16.3 Å². The molecule has 0 aliphatic carbocycles. The number of nitrogens with zero attached hydrogens (tertiary/aromatic N) is 2. The maximum atomic E-state index is 12.4. The molecule has 0 unspecified atom stereocenters. The molecular weight excluding hydrogens is 465 g/mol. The third-order valence-corrected chi connectivity index (χ3v) is 5.63. The summed E-state index contributed by atoms with van der Waals surface area (Å²) in [5.74, 6) is -0.0572. The van der Waals surface area contributed by atoms with Gasteiger partial charge in [-0.05, 0) is 52.9 Å². The van der Waals surface area contributed by atoms with E-state index in [-0.39, 0.29) is 11.8 Å². The van der Waals surface area contributed by atoms with Crippen molar-refractivity contribution < 1.29 is 9.59 Å². The zero-order valence-electron chi connectivity index (χ0n) is 14.3. The number of hydrogen-bond donors (Lipinski definition) is 1. The second kappa shape index (κ2) is 8.26. The minimum absolute atomic E-state index is 0.101. The van der Waals surface area contributed by atoms with Gasteiger partial charge in [-0.15, -0.1) is 0 Å². The average molecular weight is 484 g/mol. The van der Waals surface area contributed by atoms with Gasteiger partial charge in [-0.2, -0.15) is 0 Å². The van der Waals surface area contributed by atoms with E-state index in [1.807, 2.05) is 35.2 Å². The Kier molecular flexibility index (Phi) is 6.03. The van der Waals surface area contributed by atoms with Crippen LogP contribution in [0.1, 0.15) is 17.3 Å². The van der Waals surface area contributed by atoms with E-state index < -0.39 is 0 Å². The Labute approximate surface area is 171 Å². The maximum absolute atomic E-state index is 12.4. The highest BCUT2D eigenvalue weighted by Crippen LogP contribution is 2.30. The van der Waals surface area contributed by atoms with Crippen molar-refractivity contribution in [3.05, 3.63) is 56.6 Å². The predicted octanol–water partition coefficient (Wildman–Crippen LogP) is 3.87. The van der Waals surface area contributed by atoms with Crippen LogP contribution >= 0.6 is 34.2 Å². The highest BCUT2D eigenvalue weighted by molar-refractivity contribution is 14.1. The van der Waals surface area contributed by atoms with E-state index in [4.69, 9.17) is 11.6 Å². The van der Waals surface area contributed by atoms with Crippen molar-refractivity contribution in [2.24, 2.45) is 0 Å². The van der Waals surface area contributed by atoms with E-state index >= 15 is 0 Å². The number of carbonyl (C=O) groups excluding carboxylic acids is 2. The second-order valence-corrected chi connectivity index (χ2v) is 7.66. The Morgan fingerprint density at radius 3 is 2.38 bits per heavy atom. The first kappa shape index (κ1) is 19.0. The quantitative estimate of drug-likeness (QED) is 0.675. The fraction of sp³-hybridized carbons (Fsp3) is 0.263. The summed E-state index contributed by atoms with van der Waals surface area (Å²) < 4.78 is 0.897. The maximum Gasteiger partial charge on any atom is 0.256 e. The van der Waals surface area contributed by atoms with Gasteiger partial charge in [0.15, 0.2) is 0 Å². The largest absolute Gasteiger partial charge is 0.367 e. The number of halogens is 2. The lowest BCUT2D eigenvalue weighted by Crippen LogP contribution is -2.48. The summed E-state index contributed by atoms with van der Waals surface area (Å²) >= 11 is 8.59. The number of anilines is 2. The zero-order chi connectivity index (χ0) is 18.7. The molecule has 1 aliphatic rings. The summed E-state index contributed by atoms with van der Waals surface area (Å²) in [5.41, 5.74) is 2.21. The van der Waals surface area contributed by atoms with Crippen molar-refractivity contribution in [3.63, 3.8) is 0 Å². The van der Waals surface area contributed by atoms with Gasteiger partial charge < -0.3 is 15.1 Å². The molecule has 3 rings (SSSR count). The highest BCUT2D eigenvalue weighted by Gasteiger charge is 2.20. The molecule has 1 saturated heterocycles. The van der Waals surface area contributed by atoms with Crippen molar-refractivity contribution in [2.45, 2.75) is 6.92 Å². The molecule has 7 heteroatoms. The molecule has 1 aliphatic heterocycles. The van der Waals surface area contributed by atoms with Crippen molar-refractivity contribution >= 4 is 57.4 Å². The van der Waals surface area contributed by atoms with Crippen LogP contribution in [0, 0.1) is 3.57 Å². The first-order valence-corrected chi connectivity index (χ1v) is 9.77. The van der Waals surface area contributed by atoms with Crippen molar-refractivity contribution in [1.82, 2.24) is 4.90 Å². The highest BCUT2D eigenvalue weighted by atomic mass is 127. The molecule has 0 saturated carbocycles. The molecule has 1 N–H and O–H groups in total. The molecule has 0 radical (unpaired) electrons. The normalized spacial score (nSPS) is 14.3. The number of benzene rings is 2. The summed E-state index contributed by atoms with van der Waals surface area (Å²) in [4.78, 5) is 27.9. The van der Waals surface area contributed by atoms with Crippen molar-refractivity contribution in [3.8, 4) is 0 Å². The van der Waals surface area contributed by atoms with Crippen molar-refractivity contribution in [1.29, 1.82) is 0 Å². The minimum atomic E-state index is -0.158. The molecule has 26 heavy (non-hydrogen) atoms. The van der Waals surface area contributed by atoms with Crippen LogP contribution in [0.4, 0.5) is 11.4 Å². The van der Waals surface area contributed by atoms with Crippen molar-refractivity contribution in [2.75, 3.05) is 36.4 Å². The topological polar surface area (TPSA) is 52.7 Å². The van der Waals surface area contributed by atoms with Gasteiger partial charge in [0.1, 0.15) is 0 Å². The van der Waals surface area contributed by atoms with Gasteiger partial charge in [-0.25, -0.2) is 0 Å². The standard InChI is InChI=1S/C19H19ClIN3O2/c1-13(25)23-8-10-24(11-9-23)18-7-6-14(12-16(18)20)22-19(26)15-4-2-3-5-17(15)21/h2-7,12H,8-11H2,1H3,(H,22,26). The summed E-state index contributed by atoms with van der Waals surface area (Å²) in [6.45, 7) is 4.46. The summed E-state index contributed by atoms with van der Waals surface area (Å²) in [6.07, 6.45) is 0. The van der Waals surface area contributed by atoms with Crippen LogP contribution < -0.4 is 10.2 Å². The Morgan fingerprint density at radius 2 is 1.77 bits per heavy atom. The lowest BCUT2D eigenvalue weighted by atomic mass is 10.2.